The standard InChI is InChI=1S/C13H20N2S/c1-9-3-5-12(7-10(9)2)16-13-6-4-11(14)8-15-13/h4,6,8-10,12H,3,5,7,14H2,1-2H3. The molecule has 2 nitrogen and oxygen atoms in total. The molecule has 1 aromatic rings. The monoisotopic (exact) mass is 236 g/mol. The zero-order chi connectivity index (χ0) is 11.5. The lowest BCUT2D eigenvalue weighted by Gasteiger charge is -2.31. The van der Waals surface area contributed by atoms with E-state index in [9.17, 15) is 0 Å². The second-order valence-corrected chi connectivity index (χ2v) is 6.26. The van der Waals surface area contributed by atoms with Gasteiger partial charge in [-0.2, -0.15) is 0 Å². The topological polar surface area (TPSA) is 38.9 Å². The fourth-order valence-electron chi connectivity index (χ4n) is 2.24. The Balaban J connectivity index is 1.93. The average Bonchev–Trinajstić information content (AvgIpc) is 2.27. The Morgan fingerprint density at radius 1 is 1.25 bits per heavy atom. The van der Waals surface area contributed by atoms with Crippen LogP contribution in [0.2, 0.25) is 0 Å². The van der Waals surface area contributed by atoms with Crippen molar-refractivity contribution in [3.8, 4) is 0 Å². The molecular formula is C13H20N2S. The van der Waals surface area contributed by atoms with Crippen LogP contribution in [0.25, 0.3) is 0 Å². The number of anilines is 1. The Morgan fingerprint density at radius 2 is 2.06 bits per heavy atom. The van der Waals surface area contributed by atoms with Gasteiger partial charge in [0.2, 0.25) is 0 Å². The van der Waals surface area contributed by atoms with Crippen LogP contribution in [0.1, 0.15) is 33.1 Å². The molecule has 0 aromatic carbocycles. The third kappa shape index (κ3) is 2.91. The van der Waals surface area contributed by atoms with Gasteiger partial charge >= 0.3 is 0 Å². The van der Waals surface area contributed by atoms with Crippen LogP contribution in [0.5, 0.6) is 0 Å². The molecule has 88 valence electrons. The largest absolute Gasteiger partial charge is 0.397 e. The minimum atomic E-state index is 0.738. The van der Waals surface area contributed by atoms with Crippen LogP contribution in [-0.2, 0) is 0 Å². The van der Waals surface area contributed by atoms with Crippen LogP contribution >= 0.6 is 11.8 Å². The minimum absolute atomic E-state index is 0.738. The Morgan fingerprint density at radius 3 is 2.69 bits per heavy atom. The predicted octanol–water partition coefficient (Wildman–Crippen LogP) is 3.58. The number of hydrogen-bond donors (Lipinski definition) is 1. The molecule has 2 rings (SSSR count). The molecule has 3 unspecified atom stereocenters. The van der Waals surface area contributed by atoms with Crippen LogP contribution in [0.4, 0.5) is 5.69 Å². The lowest BCUT2D eigenvalue weighted by Crippen LogP contribution is -2.22. The SMILES string of the molecule is CC1CCC(Sc2ccc(N)cn2)CC1C. The number of nitrogens with zero attached hydrogens (tertiary/aromatic N) is 1. The molecule has 0 aliphatic heterocycles. The van der Waals surface area contributed by atoms with Crippen molar-refractivity contribution < 1.29 is 0 Å². The van der Waals surface area contributed by atoms with Gasteiger partial charge in [-0.3, -0.25) is 0 Å². The van der Waals surface area contributed by atoms with Crippen molar-refractivity contribution in [3.05, 3.63) is 18.3 Å². The van der Waals surface area contributed by atoms with Gasteiger partial charge in [0.25, 0.3) is 0 Å². The molecule has 1 aliphatic rings. The maximum absolute atomic E-state index is 5.63. The van der Waals surface area contributed by atoms with Crippen LogP contribution in [0, 0.1) is 11.8 Å². The first kappa shape index (κ1) is 11.8. The summed E-state index contributed by atoms with van der Waals surface area (Å²) in [6, 6.07) is 3.97. The van der Waals surface area contributed by atoms with Crippen LogP contribution in [-0.4, -0.2) is 10.2 Å². The van der Waals surface area contributed by atoms with E-state index >= 15 is 0 Å². The Bertz CT molecular complexity index is 336. The zero-order valence-corrected chi connectivity index (χ0v) is 10.8. The van der Waals surface area contributed by atoms with Crippen molar-refractivity contribution in [2.24, 2.45) is 11.8 Å². The summed E-state index contributed by atoms with van der Waals surface area (Å²) in [4.78, 5) is 4.35. The summed E-state index contributed by atoms with van der Waals surface area (Å²) in [6.45, 7) is 4.74. The van der Waals surface area contributed by atoms with E-state index < -0.39 is 0 Å². The zero-order valence-electron chi connectivity index (χ0n) is 10.0. The molecule has 2 N–H and O–H groups in total. The number of nitrogen functional groups attached to an aromatic ring is 1. The van der Waals surface area contributed by atoms with Crippen molar-refractivity contribution in [2.45, 2.75) is 43.4 Å². The summed E-state index contributed by atoms with van der Waals surface area (Å²) in [5, 5.41) is 1.85. The summed E-state index contributed by atoms with van der Waals surface area (Å²) in [5.41, 5.74) is 6.37. The van der Waals surface area contributed by atoms with Crippen molar-refractivity contribution in [1.82, 2.24) is 4.98 Å². The maximum Gasteiger partial charge on any atom is 0.0964 e. The van der Waals surface area contributed by atoms with E-state index in [4.69, 9.17) is 5.73 Å². The summed E-state index contributed by atoms with van der Waals surface area (Å²) in [7, 11) is 0. The second-order valence-electron chi connectivity index (χ2n) is 4.94. The highest BCUT2D eigenvalue weighted by Gasteiger charge is 2.25. The number of aromatic nitrogens is 1. The number of pyridine rings is 1. The third-order valence-corrected chi connectivity index (χ3v) is 4.84. The third-order valence-electron chi connectivity index (χ3n) is 3.60. The fourth-order valence-corrected chi connectivity index (χ4v) is 3.49. The fraction of sp³-hybridized carbons (Fsp3) is 0.615. The smallest absolute Gasteiger partial charge is 0.0964 e. The van der Waals surface area contributed by atoms with Gasteiger partial charge in [-0.25, -0.2) is 4.98 Å². The van der Waals surface area contributed by atoms with Gasteiger partial charge < -0.3 is 5.73 Å². The van der Waals surface area contributed by atoms with E-state index in [1.165, 1.54) is 19.3 Å². The number of rotatable bonds is 2. The van der Waals surface area contributed by atoms with Crippen LogP contribution < -0.4 is 5.73 Å². The molecule has 0 bridgehead atoms. The van der Waals surface area contributed by atoms with Gasteiger partial charge in [0.1, 0.15) is 0 Å². The molecule has 0 amide bonds. The van der Waals surface area contributed by atoms with Gasteiger partial charge in [0, 0.05) is 5.25 Å². The molecule has 0 radical (unpaired) electrons. The number of hydrogen-bond acceptors (Lipinski definition) is 3. The number of thioether (sulfide) groups is 1. The Hall–Kier alpha value is -0.700. The molecule has 1 aromatic heterocycles. The number of nitrogens with two attached hydrogens (primary N) is 1. The van der Waals surface area contributed by atoms with E-state index in [1.54, 1.807) is 6.20 Å². The molecule has 1 fully saturated rings. The lowest BCUT2D eigenvalue weighted by molar-refractivity contribution is 0.283. The Labute approximate surface area is 102 Å². The van der Waals surface area contributed by atoms with Crippen LogP contribution in [0.15, 0.2) is 23.4 Å². The Kier molecular flexibility index (Phi) is 3.74. The minimum Gasteiger partial charge on any atom is -0.397 e. The highest BCUT2D eigenvalue weighted by atomic mass is 32.2. The first-order valence-electron chi connectivity index (χ1n) is 6.03. The molecule has 1 heterocycles. The summed E-state index contributed by atoms with van der Waals surface area (Å²) >= 11 is 1.91. The molecule has 0 saturated heterocycles. The molecular weight excluding hydrogens is 216 g/mol. The first-order valence-corrected chi connectivity index (χ1v) is 6.91. The quantitative estimate of drug-likeness (QED) is 0.853. The van der Waals surface area contributed by atoms with E-state index in [1.807, 2.05) is 23.9 Å². The van der Waals surface area contributed by atoms with Crippen LogP contribution in [0.3, 0.4) is 0 Å². The summed E-state index contributed by atoms with van der Waals surface area (Å²) in [5.74, 6) is 1.73. The van der Waals surface area contributed by atoms with E-state index in [0.717, 1.165) is 27.8 Å². The van der Waals surface area contributed by atoms with Gasteiger partial charge in [0.15, 0.2) is 0 Å². The van der Waals surface area contributed by atoms with E-state index in [-0.39, 0.29) is 0 Å². The molecule has 1 saturated carbocycles. The van der Waals surface area contributed by atoms with Crippen molar-refractivity contribution in [3.63, 3.8) is 0 Å². The van der Waals surface area contributed by atoms with Gasteiger partial charge in [0.05, 0.1) is 16.9 Å². The molecule has 0 spiro atoms. The normalized spacial score (nSPS) is 30.2. The van der Waals surface area contributed by atoms with E-state index in [2.05, 4.69) is 18.8 Å². The van der Waals surface area contributed by atoms with E-state index in [0.29, 0.717) is 0 Å². The summed E-state index contributed by atoms with van der Waals surface area (Å²) in [6.07, 6.45) is 5.74. The average molecular weight is 236 g/mol. The maximum atomic E-state index is 5.63. The molecule has 1 aliphatic carbocycles. The lowest BCUT2D eigenvalue weighted by atomic mass is 9.81. The predicted molar refractivity (Wildman–Crippen MR) is 70.5 cm³/mol. The van der Waals surface area contributed by atoms with Crippen molar-refractivity contribution in [2.75, 3.05) is 5.73 Å². The van der Waals surface area contributed by atoms with Crippen molar-refractivity contribution in [1.29, 1.82) is 0 Å². The highest BCUT2D eigenvalue weighted by molar-refractivity contribution is 7.99. The molecule has 3 heteroatoms. The first-order chi connectivity index (χ1) is 7.65. The van der Waals surface area contributed by atoms with Gasteiger partial charge in [-0.05, 0) is 43.2 Å². The highest BCUT2D eigenvalue weighted by Crippen LogP contribution is 2.38. The van der Waals surface area contributed by atoms with Gasteiger partial charge in [-0.1, -0.05) is 13.8 Å². The molecule has 3 atom stereocenters. The summed E-state index contributed by atoms with van der Waals surface area (Å²) < 4.78 is 0. The van der Waals surface area contributed by atoms with Crippen molar-refractivity contribution >= 4 is 17.4 Å². The van der Waals surface area contributed by atoms with Gasteiger partial charge in [-0.15, -0.1) is 11.8 Å². The molecule has 16 heavy (non-hydrogen) atoms. The second kappa shape index (κ2) is 5.09.